The number of aromatic nitrogens is 2. The van der Waals surface area contributed by atoms with Crippen LogP contribution in [0.2, 0.25) is 0 Å². The third-order valence-corrected chi connectivity index (χ3v) is 7.79. The summed E-state index contributed by atoms with van der Waals surface area (Å²) in [4.78, 5) is 47.0. The van der Waals surface area contributed by atoms with E-state index < -0.39 is 33.6 Å². The number of aryl methyl sites for hydroxylation is 2. The number of ether oxygens (including phenoxy) is 2. The molecule has 0 saturated carbocycles. The molecule has 1 aliphatic rings. The number of carbonyl (C=O) groups excluding carboxylic acids is 3. The molecule has 0 atom stereocenters. The van der Waals surface area contributed by atoms with E-state index in [1.807, 2.05) is 0 Å². The maximum Gasteiger partial charge on any atom is 0.294 e. The minimum absolute atomic E-state index is 0.0488. The summed E-state index contributed by atoms with van der Waals surface area (Å²) in [6.07, 6.45) is 1.53. The Morgan fingerprint density at radius 3 is 2.25 bits per heavy atom. The van der Waals surface area contributed by atoms with Crippen molar-refractivity contribution in [2.24, 2.45) is 0 Å². The van der Waals surface area contributed by atoms with Crippen molar-refractivity contribution in [1.29, 1.82) is 0 Å². The number of nitrogens with zero attached hydrogens (tertiary/aromatic N) is 3. The molecular weight excluding hydrogens is 558 g/mol. The average Bonchev–Trinajstić information content (AvgIpc) is 3.15. The van der Waals surface area contributed by atoms with Crippen LogP contribution < -0.4 is 19.5 Å². The normalized spacial score (nSPS) is 14.4. The molecule has 0 unspecified atom stereocenters. The number of carbonyl (C=O) groups is 3. The summed E-state index contributed by atoms with van der Waals surface area (Å²) in [6, 6.07) is 12.1. The molecule has 12 nitrogen and oxygen atoms in total. The SMILES string of the molecule is COc1ccc(/C=C2/SC(=O)N(CC(=O)Nc3ccc(S(=O)(=O)Nc4nc(C)cc(C)n4)cc3)C2=O)cc1OC. The van der Waals surface area contributed by atoms with E-state index in [-0.39, 0.29) is 21.4 Å². The maximum absolute atomic E-state index is 12.8. The quantitative estimate of drug-likeness (QED) is 0.357. The topological polar surface area (TPSA) is 157 Å². The first-order valence-electron chi connectivity index (χ1n) is 11.7. The number of hydrogen-bond donors (Lipinski definition) is 2. The molecule has 3 aromatic rings. The molecule has 1 saturated heterocycles. The fourth-order valence-corrected chi connectivity index (χ4v) is 5.52. The lowest BCUT2D eigenvalue weighted by Gasteiger charge is -2.13. The van der Waals surface area contributed by atoms with Crippen LogP contribution in [0.1, 0.15) is 17.0 Å². The van der Waals surface area contributed by atoms with E-state index in [2.05, 4.69) is 20.0 Å². The molecule has 0 bridgehead atoms. The minimum atomic E-state index is -3.97. The van der Waals surface area contributed by atoms with Gasteiger partial charge in [0, 0.05) is 17.1 Å². The second kappa shape index (κ2) is 11.8. The average molecular weight is 584 g/mol. The van der Waals surface area contributed by atoms with Gasteiger partial charge in [-0.05, 0) is 79.7 Å². The van der Waals surface area contributed by atoms with E-state index in [9.17, 15) is 22.8 Å². The fraction of sp³-hybridized carbons (Fsp3) is 0.192. The highest BCUT2D eigenvalue weighted by Crippen LogP contribution is 2.34. The molecule has 1 aliphatic heterocycles. The molecule has 2 N–H and O–H groups in total. The third kappa shape index (κ3) is 6.58. The summed E-state index contributed by atoms with van der Waals surface area (Å²) >= 11 is 0.718. The largest absolute Gasteiger partial charge is 0.493 e. The fourth-order valence-electron chi connectivity index (χ4n) is 3.74. The number of methoxy groups -OCH3 is 2. The first kappa shape index (κ1) is 28.6. The van der Waals surface area contributed by atoms with Gasteiger partial charge in [0.25, 0.3) is 21.2 Å². The lowest BCUT2D eigenvalue weighted by Crippen LogP contribution is -2.36. The van der Waals surface area contributed by atoms with E-state index in [0.717, 1.165) is 16.7 Å². The monoisotopic (exact) mass is 583 g/mol. The van der Waals surface area contributed by atoms with Crippen molar-refractivity contribution in [3.8, 4) is 11.5 Å². The standard InChI is InChI=1S/C26H25N5O7S2/c1-15-11-16(2)28-25(27-15)30-40(35,36)19-8-6-18(7-9-19)29-23(32)14-31-24(33)22(39-26(31)34)13-17-5-10-20(37-3)21(12-17)38-4/h5-13H,14H2,1-4H3,(H,29,32)(H,27,28,30)/b22-13+. The highest BCUT2D eigenvalue weighted by molar-refractivity contribution is 8.18. The Labute approximate surface area is 234 Å². The zero-order valence-electron chi connectivity index (χ0n) is 21.9. The number of sulfonamides is 1. The Morgan fingerprint density at radius 1 is 0.975 bits per heavy atom. The molecule has 2 heterocycles. The van der Waals surface area contributed by atoms with E-state index in [1.165, 1.54) is 44.6 Å². The summed E-state index contributed by atoms with van der Waals surface area (Å²) in [5, 5.41) is 1.97. The minimum Gasteiger partial charge on any atom is -0.493 e. The van der Waals surface area contributed by atoms with Gasteiger partial charge in [0.15, 0.2) is 11.5 Å². The van der Waals surface area contributed by atoms with Crippen LogP contribution in [0.3, 0.4) is 0 Å². The van der Waals surface area contributed by atoms with Gasteiger partial charge in [0.1, 0.15) is 6.54 Å². The number of amides is 3. The summed E-state index contributed by atoms with van der Waals surface area (Å²) in [7, 11) is -0.986. The van der Waals surface area contributed by atoms with Crippen molar-refractivity contribution in [2.75, 3.05) is 30.8 Å². The van der Waals surface area contributed by atoms with Crippen LogP contribution in [0.25, 0.3) is 6.08 Å². The van der Waals surface area contributed by atoms with E-state index in [0.29, 0.717) is 28.5 Å². The number of hydrogen-bond acceptors (Lipinski definition) is 10. The summed E-state index contributed by atoms with van der Waals surface area (Å²) in [6.45, 7) is 2.93. The van der Waals surface area contributed by atoms with Crippen LogP contribution in [-0.2, 0) is 19.6 Å². The zero-order chi connectivity index (χ0) is 29.0. The van der Waals surface area contributed by atoms with Crippen molar-refractivity contribution in [1.82, 2.24) is 14.9 Å². The number of nitrogens with one attached hydrogen (secondary N) is 2. The van der Waals surface area contributed by atoms with Crippen molar-refractivity contribution in [2.45, 2.75) is 18.7 Å². The molecule has 208 valence electrons. The summed E-state index contributed by atoms with van der Waals surface area (Å²) in [5.74, 6) is -0.315. The molecule has 1 fully saturated rings. The van der Waals surface area contributed by atoms with E-state index >= 15 is 0 Å². The smallest absolute Gasteiger partial charge is 0.294 e. The molecule has 14 heteroatoms. The summed E-state index contributed by atoms with van der Waals surface area (Å²) < 4.78 is 38.2. The number of benzene rings is 2. The Morgan fingerprint density at radius 2 is 1.62 bits per heavy atom. The zero-order valence-corrected chi connectivity index (χ0v) is 23.6. The number of imide groups is 1. The van der Waals surface area contributed by atoms with Gasteiger partial charge in [-0.15, -0.1) is 0 Å². The lowest BCUT2D eigenvalue weighted by molar-refractivity contribution is -0.127. The van der Waals surface area contributed by atoms with Gasteiger partial charge in [-0.1, -0.05) is 6.07 Å². The first-order valence-corrected chi connectivity index (χ1v) is 14.0. The molecule has 0 aliphatic carbocycles. The highest BCUT2D eigenvalue weighted by Gasteiger charge is 2.36. The van der Waals surface area contributed by atoms with E-state index in [1.54, 1.807) is 38.1 Å². The van der Waals surface area contributed by atoms with E-state index in [4.69, 9.17) is 9.47 Å². The molecule has 4 rings (SSSR count). The van der Waals surface area contributed by atoms with Crippen LogP contribution in [0, 0.1) is 13.8 Å². The van der Waals surface area contributed by atoms with Gasteiger partial charge in [-0.3, -0.25) is 19.3 Å². The van der Waals surface area contributed by atoms with Gasteiger partial charge in [0.2, 0.25) is 11.9 Å². The second-order valence-electron chi connectivity index (χ2n) is 8.53. The molecular formula is C26H25N5O7S2. The van der Waals surface area contributed by atoms with Gasteiger partial charge < -0.3 is 14.8 Å². The molecule has 40 heavy (non-hydrogen) atoms. The Balaban J connectivity index is 1.40. The van der Waals surface area contributed by atoms with Crippen molar-refractivity contribution in [3.63, 3.8) is 0 Å². The molecule has 3 amide bonds. The second-order valence-corrected chi connectivity index (χ2v) is 11.2. The Bertz CT molecular complexity index is 1600. The molecule has 1 aromatic heterocycles. The molecule has 0 radical (unpaired) electrons. The highest BCUT2D eigenvalue weighted by atomic mass is 32.2. The van der Waals surface area contributed by atoms with Crippen LogP contribution in [0.15, 0.2) is 58.3 Å². The van der Waals surface area contributed by atoms with Crippen LogP contribution in [-0.4, -0.2) is 61.1 Å². The summed E-state index contributed by atoms with van der Waals surface area (Å²) in [5.41, 5.74) is 2.11. The number of rotatable bonds is 9. The van der Waals surface area contributed by atoms with Crippen LogP contribution >= 0.6 is 11.8 Å². The van der Waals surface area contributed by atoms with Gasteiger partial charge in [0.05, 0.1) is 24.0 Å². The number of anilines is 2. The van der Waals surface area contributed by atoms with Crippen LogP contribution in [0.5, 0.6) is 11.5 Å². The predicted octanol–water partition coefficient (Wildman–Crippen LogP) is 3.59. The van der Waals surface area contributed by atoms with Crippen LogP contribution in [0.4, 0.5) is 16.4 Å². The molecule has 0 spiro atoms. The van der Waals surface area contributed by atoms with Crippen molar-refractivity contribution in [3.05, 3.63) is 70.4 Å². The molecule has 2 aromatic carbocycles. The predicted molar refractivity (Wildman–Crippen MR) is 150 cm³/mol. The van der Waals surface area contributed by atoms with Gasteiger partial charge in [-0.25, -0.2) is 23.1 Å². The van der Waals surface area contributed by atoms with Gasteiger partial charge >= 0.3 is 0 Å². The Kier molecular flexibility index (Phi) is 8.40. The van der Waals surface area contributed by atoms with Crippen molar-refractivity contribution < 1.29 is 32.3 Å². The number of thioether (sulfide) groups is 1. The lowest BCUT2D eigenvalue weighted by atomic mass is 10.2. The first-order chi connectivity index (χ1) is 19.0. The van der Waals surface area contributed by atoms with Gasteiger partial charge in [-0.2, -0.15) is 0 Å². The van der Waals surface area contributed by atoms with Crippen molar-refractivity contribution >= 4 is 56.6 Å². The third-order valence-electron chi connectivity index (χ3n) is 5.54. The maximum atomic E-state index is 12.8. The Hall–Kier alpha value is -4.43.